The van der Waals surface area contributed by atoms with Crippen molar-refractivity contribution >= 4 is 0 Å². The van der Waals surface area contributed by atoms with Gasteiger partial charge in [0.15, 0.2) is 0 Å². The number of hydrogen-bond acceptors (Lipinski definition) is 4. The van der Waals surface area contributed by atoms with Crippen molar-refractivity contribution in [2.75, 3.05) is 0 Å². The minimum atomic E-state index is 0.938. The normalized spacial score (nSPS) is 11.0. The summed E-state index contributed by atoms with van der Waals surface area (Å²) in [5.74, 6) is 0. The molecule has 9 aromatic rings. The molecule has 0 atom stereocenters. The molecule has 4 heterocycles. The molecule has 0 N–H and O–H groups in total. The second-order valence-corrected chi connectivity index (χ2v) is 13.2. The van der Waals surface area contributed by atoms with Gasteiger partial charge in [0, 0.05) is 59.4 Å². The molecule has 0 radical (unpaired) electrons. The lowest BCUT2D eigenvalue weighted by atomic mass is 9.85. The second kappa shape index (κ2) is 14.7. The van der Waals surface area contributed by atoms with Gasteiger partial charge >= 0.3 is 0 Å². The zero-order valence-corrected chi connectivity index (χ0v) is 29.4. The van der Waals surface area contributed by atoms with Gasteiger partial charge in [-0.2, -0.15) is 0 Å². The molecule has 0 unspecified atom stereocenters. The van der Waals surface area contributed by atoms with Crippen LogP contribution < -0.4 is 0 Å². The van der Waals surface area contributed by atoms with E-state index >= 15 is 0 Å². The zero-order chi connectivity index (χ0) is 36.1. The summed E-state index contributed by atoms with van der Waals surface area (Å²) < 4.78 is 0. The highest BCUT2D eigenvalue weighted by Crippen LogP contribution is 2.43. The molecule has 0 fully saturated rings. The van der Waals surface area contributed by atoms with Crippen LogP contribution in [0.5, 0.6) is 0 Å². The van der Waals surface area contributed by atoms with E-state index in [0.717, 1.165) is 89.3 Å². The molecule has 4 heteroatoms. The molecular formula is C50H34N4. The minimum Gasteiger partial charge on any atom is -0.264 e. The van der Waals surface area contributed by atoms with Gasteiger partial charge in [-0.15, -0.1) is 0 Å². The highest BCUT2D eigenvalue weighted by Gasteiger charge is 2.18. The van der Waals surface area contributed by atoms with Crippen molar-refractivity contribution in [1.82, 2.24) is 19.9 Å². The van der Waals surface area contributed by atoms with E-state index in [9.17, 15) is 0 Å². The minimum absolute atomic E-state index is 0.938. The number of benzene rings is 5. The third-order valence-electron chi connectivity index (χ3n) is 9.83. The fraction of sp³-hybridized carbons (Fsp3) is 0. The van der Waals surface area contributed by atoms with Crippen molar-refractivity contribution in [2.24, 2.45) is 0 Å². The van der Waals surface area contributed by atoms with Crippen molar-refractivity contribution in [3.05, 3.63) is 207 Å². The van der Waals surface area contributed by atoms with Gasteiger partial charge < -0.3 is 0 Å². The van der Waals surface area contributed by atoms with Crippen LogP contribution >= 0.6 is 0 Å². The summed E-state index contributed by atoms with van der Waals surface area (Å²) in [6.07, 6.45) is 11.4. The first-order chi connectivity index (χ1) is 26.8. The molecule has 0 saturated carbocycles. The molecule has 9 rings (SSSR count). The molecule has 0 bridgehead atoms. The van der Waals surface area contributed by atoms with Crippen molar-refractivity contribution in [3.8, 4) is 89.3 Å². The van der Waals surface area contributed by atoms with Crippen LogP contribution in [-0.2, 0) is 0 Å². The van der Waals surface area contributed by atoms with Crippen molar-refractivity contribution in [1.29, 1.82) is 0 Å². The maximum atomic E-state index is 4.96. The molecule has 0 amide bonds. The molecule has 0 aliphatic carbocycles. The maximum Gasteiger partial charge on any atom is 0.0702 e. The van der Waals surface area contributed by atoms with Crippen molar-refractivity contribution in [2.45, 2.75) is 0 Å². The van der Waals surface area contributed by atoms with Gasteiger partial charge in [-0.1, -0.05) is 133 Å². The number of hydrogen-bond donors (Lipinski definition) is 0. The lowest BCUT2D eigenvalue weighted by Crippen LogP contribution is -1.94. The fourth-order valence-corrected chi connectivity index (χ4v) is 6.97. The predicted octanol–water partition coefficient (Wildman–Crippen LogP) is 12.6. The Kier molecular flexibility index (Phi) is 8.90. The van der Waals surface area contributed by atoms with Crippen LogP contribution in [0.25, 0.3) is 89.3 Å². The average Bonchev–Trinajstić information content (AvgIpc) is 3.27. The average molecular weight is 691 g/mol. The number of rotatable bonds is 8. The SMILES string of the molecule is c1ccc(-c2ccc(-c3cc(-c4ccc(-c5ccccc5)nc4)c(-c4ccc(-c5cccnc5)cc4)cc3-c3ccc(-c4cccnc4)cc3)cn2)cc1. The third kappa shape index (κ3) is 6.72. The summed E-state index contributed by atoms with van der Waals surface area (Å²) >= 11 is 0. The van der Waals surface area contributed by atoms with Crippen molar-refractivity contribution in [3.63, 3.8) is 0 Å². The van der Waals surface area contributed by atoms with E-state index in [2.05, 4.69) is 131 Å². The number of aromatic nitrogens is 4. The Balaban J connectivity index is 1.23. The summed E-state index contributed by atoms with van der Waals surface area (Å²) in [6, 6.07) is 59.5. The van der Waals surface area contributed by atoms with Gasteiger partial charge in [0.1, 0.15) is 0 Å². The van der Waals surface area contributed by atoms with Gasteiger partial charge in [-0.25, -0.2) is 0 Å². The summed E-state index contributed by atoms with van der Waals surface area (Å²) in [7, 11) is 0. The standard InChI is InChI=1S/C50H34N4/c1-3-9-39(10-4-1)49-25-23-43(33-53-49)47-30-48(44-24-26-50(54-34-44)40-11-5-2-6-12-40)46(38-21-17-36(18-22-38)42-14-8-28-52-32-42)29-45(47)37-19-15-35(16-20-37)41-13-7-27-51-31-41/h1-34H. The zero-order valence-electron chi connectivity index (χ0n) is 29.4. The Labute approximate surface area is 315 Å². The van der Waals surface area contributed by atoms with E-state index < -0.39 is 0 Å². The van der Waals surface area contributed by atoms with E-state index in [0.29, 0.717) is 0 Å². The highest BCUT2D eigenvalue weighted by atomic mass is 14.7. The van der Waals surface area contributed by atoms with Gasteiger partial charge in [-0.3, -0.25) is 19.9 Å². The maximum absolute atomic E-state index is 4.96. The first-order valence-corrected chi connectivity index (χ1v) is 18.0. The van der Waals surface area contributed by atoms with Crippen LogP contribution in [0.2, 0.25) is 0 Å². The lowest BCUT2D eigenvalue weighted by molar-refractivity contribution is 1.32. The fourth-order valence-electron chi connectivity index (χ4n) is 6.97. The molecular weight excluding hydrogens is 657 g/mol. The van der Waals surface area contributed by atoms with Gasteiger partial charge in [0.2, 0.25) is 0 Å². The largest absolute Gasteiger partial charge is 0.264 e. The molecule has 0 aliphatic heterocycles. The second-order valence-electron chi connectivity index (χ2n) is 13.2. The van der Waals surface area contributed by atoms with E-state index in [1.807, 2.05) is 73.3 Å². The molecule has 4 nitrogen and oxygen atoms in total. The van der Waals surface area contributed by atoms with Crippen LogP contribution in [0.4, 0.5) is 0 Å². The van der Waals surface area contributed by atoms with Crippen LogP contribution in [0, 0.1) is 0 Å². The predicted molar refractivity (Wildman–Crippen MR) is 221 cm³/mol. The Bertz CT molecular complexity index is 2250. The molecule has 0 saturated heterocycles. The number of nitrogens with zero attached hydrogens (tertiary/aromatic N) is 4. The third-order valence-corrected chi connectivity index (χ3v) is 9.83. The Morgan fingerprint density at radius 2 is 0.593 bits per heavy atom. The van der Waals surface area contributed by atoms with Crippen LogP contribution in [-0.4, -0.2) is 19.9 Å². The van der Waals surface area contributed by atoms with Gasteiger partial charge in [0.25, 0.3) is 0 Å². The summed E-state index contributed by atoms with van der Waals surface area (Å²) in [4.78, 5) is 18.6. The Morgan fingerprint density at radius 1 is 0.241 bits per heavy atom. The van der Waals surface area contributed by atoms with Gasteiger partial charge in [0.05, 0.1) is 11.4 Å². The summed E-state index contributed by atoms with van der Waals surface area (Å²) in [5.41, 5.74) is 17.2. The first-order valence-electron chi connectivity index (χ1n) is 18.0. The smallest absolute Gasteiger partial charge is 0.0702 e. The summed E-state index contributed by atoms with van der Waals surface area (Å²) in [5, 5.41) is 0. The molecule has 0 aliphatic rings. The van der Waals surface area contributed by atoms with E-state index in [-0.39, 0.29) is 0 Å². The number of pyridine rings is 4. The van der Waals surface area contributed by atoms with Crippen LogP contribution in [0.1, 0.15) is 0 Å². The highest BCUT2D eigenvalue weighted by molar-refractivity contribution is 5.95. The lowest BCUT2D eigenvalue weighted by Gasteiger charge is -2.19. The van der Waals surface area contributed by atoms with Crippen LogP contribution in [0.15, 0.2) is 207 Å². The Hall–Kier alpha value is -7.30. The molecule has 4 aromatic heterocycles. The monoisotopic (exact) mass is 690 g/mol. The molecule has 54 heavy (non-hydrogen) atoms. The molecule has 5 aromatic carbocycles. The van der Waals surface area contributed by atoms with E-state index in [1.54, 1.807) is 12.4 Å². The van der Waals surface area contributed by atoms with Gasteiger partial charge in [-0.05, 0) is 92.0 Å². The van der Waals surface area contributed by atoms with Crippen molar-refractivity contribution < 1.29 is 0 Å². The van der Waals surface area contributed by atoms with Crippen LogP contribution in [0.3, 0.4) is 0 Å². The quantitative estimate of drug-likeness (QED) is 0.159. The summed E-state index contributed by atoms with van der Waals surface area (Å²) in [6.45, 7) is 0. The first kappa shape index (κ1) is 32.6. The van der Waals surface area contributed by atoms with E-state index in [4.69, 9.17) is 9.97 Å². The topological polar surface area (TPSA) is 51.6 Å². The van der Waals surface area contributed by atoms with E-state index in [1.165, 1.54) is 0 Å². The molecule has 0 spiro atoms. The Morgan fingerprint density at radius 3 is 0.944 bits per heavy atom. The molecule has 254 valence electrons.